The number of carbonyl (C=O) groups is 2. The molecule has 1 aromatic rings. The van der Waals surface area contributed by atoms with Crippen LogP contribution in [0, 0.1) is 5.82 Å². The summed E-state index contributed by atoms with van der Waals surface area (Å²) in [7, 11) is 1.22. The molecule has 5 heteroatoms. The highest BCUT2D eigenvalue weighted by atomic mass is 35.5. The van der Waals surface area contributed by atoms with Crippen LogP contribution in [0.4, 0.5) is 4.39 Å². The molecule has 0 spiro atoms. The predicted molar refractivity (Wildman–Crippen MR) is 53.4 cm³/mol. The second-order valence-corrected chi connectivity index (χ2v) is 2.99. The number of rotatable bonds is 4. The van der Waals surface area contributed by atoms with E-state index in [1.54, 1.807) is 0 Å². The Morgan fingerprint density at radius 1 is 1.60 bits per heavy atom. The maximum Gasteiger partial charge on any atom is 0.180 e. The first kappa shape index (κ1) is 11.7. The largest absolute Gasteiger partial charge is 0.493 e. The Bertz CT molecular complexity index is 404. The summed E-state index contributed by atoms with van der Waals surface area (Å²) in [6.07, 6.45) is 0.455. The minimum atomic E-state index is -0.854. The van der Waals surface area contributed by atoms with E-state index in [0.29, 0.717) is 6.29 Å². The van der Waals surface area contributed by atoms with Gasteiger partial charge in [0.2, 0.25) is 0 Å². The van der Waals surface area contributed by atoms with Gasteiger partial charge >= 0.3 is 0 Å². The summed E-state index contributed by atoms with van der Waals surface area (Å²) >= 11 is 5.30. The normalized spacial score (nSPS) is 9.80. The Balaban J connectivity index is 3.35. The zero-order chi connectivity index (χ0) is 11.4. The van der Waals surface area contributed by atoms with E-state index in [-0.39, 0.29) is 22.8 Å². The fourth-order valence-electron chi connectivity index (χ4n) is 1.16. The molecule has 0 atom stereocenters. The lowest BCUT2D eigenvalue weighted by atomic mass is 10.1. The maximum absolute atomic E-state index is 13.6. The van der Waals surface area contributed by atoms with Gasteiger partial charge in [-0.3, -0.25) is 9.59 Å². The summed E-state index contributed by atoms with van der Waals surface area (Å²) in [5.74, 6) is -1.96. The number of carbonyl (C=O) groups excluding carboxylic acids is 2. The molecule has 1 aromatic carbocycles. The second-order valence-electron chi connectivity index (χ2n) is 2.72. The van der Waals surface area contributed by atoms with Crippen LogP contribution in [0.25, 0.3) is 0 Å². The highest BCUT2D eigenvalue weighted by Crippen LogP contribution is 2.24. The van der Waals surface area contributed by atoms with Gasteiger partial charge in [-0.05, 0) is 12.1 Å². The van der Waals surface area contributed by atoms with Gasteiger partial charge in [0.1, 0.15) is 0 Å². The monoisotopic (exact) mass is 230 g/mol. The first-order chi connectivity index (χ1) is 7.15. The summed E-state index contributed by atoms with van der Waals surface area (Å²) in [6.45, 7) is 0. The first-order valence-corrected chi connectivity index (χ1v) is 4.60. The lowest BCUT2D eigenvalue weighted by Crippen LogP contribution is -2.06. The lowest BCUT2D eigenvalue weighted by molar-refractivity contribution is 0.101. The molecule has 0 N–H and O–H groups in total. The fourth-order valence-corrected chi connectivity index (χ4v) is 1.30. The van der Waals surface area contributed by atoms with Crippen molar-refractivity contribution in [2.75, 3.05) is 13.0 Å². The van der Waals surface area contributed by atoms with Crippen molar-refractivity contribution < 1.29 is 18.7 Å². The number of benzene rings is 1. The van der Waals surface area contributed by atoms with Crippen LogP contribution < -0.4 is 4.74 Å². The Morgan fingerprint density at radius 3 is 2.73 bits per heavy atom. The number of aldehydes is 1. The summed E-state index contributed by atoms with van der Waals surface area (Å²) in [5.41, 5.74) is -0.117. The molecule has 0 radical (unpaired) electrons. The van der Waals surface area contributed by atoms with E-state index in [9.17, 15) is 14.0 Å². The molecule has 3 nitrogen and oxygen atoms in total. The average molecular weight is 231 g/mol. The third kappa shape index (κ3) is 2.15. The molecule has 1 rings (SSSR count). The van der Waals surface area contributed by atoms with E-state index in [2.05, 4.69) is 0 Å². The van der Waals surface area contributed by atoms with E-state index < -0.39 is 11.6 Å². The smallest absolute Gasteiger partial charge is 0.180 e. The molecule has 0 aliphatic carbocycles. The second kappa shape index (κ2) is 4.89. The fraction of sp³-hybridized carbons (Fsp3) is 0.200. The number of hydrogen-bond donors (Lipinski definition) is 0. The van der Waals surface area contributed by atoms with Crippen molar-refractivity contribution in [2.24, 2.45) is 0 Å². The third-order valence-electron chi connectivity index (χ3n) is 1.88. The Labute approximate surface area is 90.8 Å². The van der Waals surface area contributed by atoms with Crippen molar-refractivity contribution >= 4 is 23.7 Å². The number of alkyl halides is 1. The number of halogens is 2. The van der Waals surface area contributed by atoms with Crippen molar-refractivity contribution in [1.82, 2.24) is 0 Å². The van der Waals surface area contributed by atoms with Gasteiger partial charge in [-0.1, -0.05) is 0 Å². The lowest BCUT2D eigenvalue weighted by Gasteiger charge is -2.07. The van der Waals surface area contributed by atoms with E-state index in [1.165, 1.54) is 19.2 Å². The number of ether oxygens (including phenoxy) is 1. The number of Topliss-reactive ketones (excluding diaryl/α,β-unsaturated/α-hetero) is 1. The van der Waals surface area contributed by atoms with Crippen LogP contribution in [-0.4, -0.2) is 25.1 Å². The van der Waals surface area contributed by atoms with Crippen LogP contribution in [0.5, 0.6) is 5.75 Å². The molecule has 0 heterocycles. The molecule has 0 fully saturated rings. The Kier molecular flexibility index (Phi) is 3.80. The molecule has 80 valence electrons. The zero-order valence-electron chi connectivity index (χ0n) is 7.92. The van der Waals surface area contributed by atoms with Crippen molar-refractivity contribution in [2.45, 2.75) is 0 Å². The van der Waals surface area contributed by atoms with E-state index in [0.717, 1.165) is 0 Å². The first-order valence-electron chi connectivity index (χ1n) is 4.06. The molecule has 0 aromatic heterocycles. The molecule has 0 aliphatic heterocycles. The van der Waals surface area contributed by atoms with Crippen molar-refractivity contribution in [3.05, 3.63) is 29.1 Å². The predicted octanol–water partition coefficient (Wildman–Crippen LogP) is 2.07. The van der Waals surface area contributed by atoms with Crippen LogP contribution in [-0.2, 0) is 0 Å². The quantitative estimate of drug-likeness (QED) is 0.452. The molecule has 0 bridgehead atoms. The minimum absolute atomic E-state index is 0.0566. The molecule has 0 amide bonds. The van der Waals surface area contributed by atoms with Crippen molar-refractivity contribution in [1.29, 1.82) is 0 Å². The van der Waals surface area contributed by atoms with E-state index >= 15 is 0 Å². The zero-order valence-corrected chi connectivity index (χ0v) is 8.68. The number of hydrogen-bond acceptors (Lipinski definition) is 3. The standard InChI is InChI=1S/C10H8ClFO3/c1-15-10-6(5-13)2-3-7(9(10)12)8(14)4-11/h2-3,5H,4H2,1H3. The molecular formula is C10H8ClFO3. The van der Waals surface area contributed by atoms with Crippen LogP contribution in [0.15, 0.2) is 12.1 Å². The molecule has 0 unspecified atom stereocenters. The van der Waals surface area contributed by atoms with Crippen molar-refractivity contribution in [3.63, 3.8) is 0 Å². The van der Waals surface area contributed by atoms with Gasteiger partial charge < -0.3 is 4.74 Å². The molecular weight excluding hydrogens is 223 g/mol. The highest BCUT2D eigenvalue weighted by molar-refractivity contribution is 6.30. The summed E-state index contributed by atoms with van der Waals surface area (Å²) in [6, 6.07) is 2.53. The summed E-state index contributed by atoms with van der Waals surface area (Å²) in [4.78, 5) is 21.7. The summed E-state index contributed by atoms with van der Waals surface area (Å²) in [5, 5.41) is 0. The molecule has 0 saturated carbocycles. The number of methoxy groups -OCH3 is 1. The van der Waals surface area contributed by atoms with Crippen LogP contribution in [0.1, 0.15) is 20.7 Å². The van der Waals surface area contributed by atoms with E-state index in [4.69, 9.17) is 16.3 Å². The Morgan fingerprint density at radius 2 is 2.27 bits per heavy atom. The van der Waals surface area contributed by atoms with Crippen LogP contribution in [0.2, 0.25) is 0 Å². The molecule has 15 heavy (non-hydrogen) atoms. The molecule has 0 aliphatic rings. The van der Waals surface area contributed by atoms with Crippen LogP contribution in [0.3, 0.4) is 0 Å². The van der Waals surface area contributed by atoms with Gasteiger partial charge in [-0.15, -0.1) is 11.6 Å². The van der Waals surface area contributed by atoms with E-state index in [1.807, 2.05) is 0 Å². The van der Waals surface area contributed by atoms with Crippen molar-refractivity contribution in [3.8, 4) is 5.75 Å². The van der Waals surface area contributed by atoms with Gasteiger partial charge in [-0.25, -0.2) is 4.39 Å². The van der Waals surface area contributed by atoms with Gasteiger partial charge in [-0.2, -0.15) is 0 Å². The maximum atomic E-state index is 13.6. The molecule has 0 saturated heterocycles. The van der Waals surface area contributed by atoms with Gasteiger partial charge in [0.15, 0.2) is 23.6 Å². The Hall–Kier alpha value is -1.42. The summed E-state index contributed by atoms with van der Waals surface area (Å²) < 4.78 is 18.3. The highest BCUT2D eigenvalue weighted by Gasteiger charge is 2.17. The SMILES string of the molecule is COc1c(C=O)ccc(C(=O)CCl)c1F. The average Bonchev–Trinajstić information content (AvgIpc) is 2.27. The van der Waals surface area contributed by atoms with Gasteiger partial charge in [0, 0.05) is 0 Å². The third-order valence-corrected chi connectivity index (χ3v) is 2.12. The topological polar surface area (TPSA) is 43.4 Å². The van der Waals surface area contributed by atoms with Gasteiger partial charge in [0.05, 0.1) is 24.1 Å². The van der Waals surface area contributed by atoms with Gasteiger partial charge in [0.25, 0.3) is 0 Å². The van der Waals surface area contributed by atoms with Crippen LogP contribution >= 0.6 is 11.6 Å². The number of ketones is 1. The minimum Gasteiger partial charge on any atom is -0.493 e.